The topological polar surface area (TPSA) is 48.9 Å². The van der Waals surface area contributed by atoms with E-state index in [1.165, 1.54) is 6.07 Å². The Bertz CT molecular complexity index is 475. The van der Waals surface area contributed by atoms with E-state index in [2.05, 4.69) is 10.2 Å². The van der Waals surface area contributed by atoms with E-state index in [1.54, 1.807) is 0 Å². The van der Waals surface area contributed by atoms with Crippen LogP contribution in [0.5, 0.6) is 5.75 Å². The maximum Gasteiger partial charge on any atom is 0.420 e. The Balaban J connectivity index is 2.83. The fourth-order valence-corrected chi connectivity index (χ4v) is 1.30. The van der Waals surface area contributed by atoms with Crippen molar-refractivity contribution in [3.8, 4) is 5.75 Å². The molecule has 1 aromatic heterocycles. The molecule has 0 aliphatic heterocycles. The van der Waals surface area contributed by atoms with Gasteiger partial charge >= 0.3 is 6.18 Å². The third-order valence-electron chi connectivity index (χ3n) is 1.89. The Morgan fingerprint density at radius 3 is 2.64 bits per heavy atom. The van der Waals surface area contributed by atoms with Gasteiger partial charge in [-0.2, -0.15) is 18.3 Å². The third-order valence-corrected chi connectivity index (χ3v) is 1.89. The zero-order chi connectivity index (χ0) is 10.3. The lowest BCUT2D eigenvalue weighted by Gasteiger charge is -2.09. The zero-order valence-corrected chi connectivity index (χ0v) is 6.76. The minimum atomic E-state index is -4.58. The number of fused-ring (bicyclic) bond motifs is 1. The summed E-state index contributed by atoms with van der Waals surface area (Å²) >= 11 is 0. The van der Waals surface area contributed by atoms with Gasteiger partial charge in [0.05, 0.1) is 11.7 Å². The second-order valence-electron chi connectivity index (χ2n) is 2.79. The molecule has 0 bridgehead atoms. The summed E-state index contributed by atoms with van der Waals surface area (Å²) in [5.41, 5.74) is -0.807. The van der Waals surface area contributed by atoms with E-state index >= 15 is 0 Å². The van der Waals surface area contributed by atoms with Gasteiger partial charge in [-0.3, -0.25) is 5.10 Å². The van der Waals surface area contributed by atoms with Crippen LogP contribution in [0.3, 0.4) is 0 Å². The summed E-state index contributed by atoms with van der Waals surface area (Å²) in [6.07, 6.45) is -3.54. The van der Waals surface area contributed by atoms with Crippen LogP contribution in [0.15, 0.2) is 18.3 Å². The minimum absolute atomic E-state index is 0.127. The lowest BCUT2D eigenvalue weighted by molar-refractivity contribution is -0.137. The van der Waals surface area contributed by atoms with Crippen molar-refractivity contribution in [3.63, 3.8) is 0 Å². The van der Waals surface area contributed by atoms with Gasteiger partial charge in [0.2, 0.25) is 0 Å². The average molecular weight is 202 g/mol. The normalized spacial score (nSPS) is 12.2. The number of benzene rings is 1. The van der Waals surface area contributed by atoms with E-state index in [-0.39, 0.29) is 10.9 Å². The molecule has 0 aliphatic rings. The predicted octanol–water partition coefficient (Wildman–Crippen LogP) is 2.29. The first-order valence-corrected chi connectivity index (χ1v) is 3.72. The van der Waals surface area contributed by atoms with Crippen LogP contribution >= 0.6 is 0 Å². The molecule has 3 nitrogen and oxygen atoms in total. The molecular weight excluding hydrogens is 197 g/mol. The van der Waals surface area contributed by atoms with Crippen molar-refractivity contribution < 1.29 is 18.3 Å². The van der Waals surface area contributed by atoms with Gasteiger partial charge in [0.1, 0.15) is 11.3 Å². The highest BCUT2D eigenvalue weighted by Crippen LogP contribution is 2.39. The molecule has 0 saturated heterocycles. The summed E-state index contributed by atoms with van der Waals surface area (Å²) in [7, 11) is 0. The Morgan fingerprint density at radius 1 is 1.29 bits per heavy atom. The fraction of sp³-hybridized carbons (Fsp3) is 0.125. The number of phenolic OH excluding ortho intramolecular Hbond substituents is 1. The van der Waals surface area contributed by atoms with E-state index in [4.69, 9.17) is 5.11 Å². The molecule has 1 heterocycles. The standard InChI is InChI=1S/C8H5F3N2O/c9-8(10,11)7-4-3-12-13-5(4)1-2-6(7)14/h1-3,14H,(H,12,13). The summed E-state index contributed by atoms with van der Waals surface area (Å²) < 4.78 is 37.4. The maximum atomic E-state index is 12.5. The molecule has 0 amide bonds. The van der Waals surface area contributed by atoms with Gasteiger partial charge in [-0.15, -0.1) is 0 Å². The van der Waals surface area contributed by atoms with E-state index in [9.17, 15) is 13.2 Å². The lowest BCUT2D eigenvalue weighted by Crippen LogP contribution is -2.05. The van der Waals surface area contributed by atoms with Gasteiger partial charge in [-0.25, -0.2) is 0 Å². The number of rotatable bonds is 0. The molecule has 0 atom stereocenters. The second-order valence-corrected chi connectivity index (χ2v) is 2.79. The lowest BCUT2D eigenvalue weighted by atomic mass is 10.1. The SMILES string of the molecule is Oc1ccc2[nH]ncc2c1C(F)(F)F. The summed E-state index contributed by atoms with van der Waals surface area (Å²) in [6.45, 7) is 0. The van der Waals surface area contributed by atoms with Crippen LogP contribution in [0, 0.1) is 0 Å². The monoisotopic (exact) mass is 202 g/mol. The van der Waals surface area contributed by atoms with Gasteiger partial charge < -0.3 is 5.11 Å². The highest BCUT2D eigenvalue weighted by Gasteiger charge is 2.36. The Morgan fingerprint density at radius 2 is 2.00 bits per heavy atom. The number of nitrogens with zero attached hydrogens (tertiary/aromatic N) is 1. The molecule has 0 saturated carbocycles. The van der Waals surface area contributed by atoms with Gasteiger partial charge in [0.15, 0.2) is 0 Å². The van der Waals surface area contributed by atoms with E-state index < -0.39 is 17.5 Å². The van der Waals surface area contributed by atoms with Crippen molar-refractivity contribution in [1.29, 1.82) is 0 Å². The van der Waals surface area contributed by atoms with Crippen LogP contribution in [0.2, 0.25) is 0 Å². The number of aromatic amines is 1. The van der Waals surface area contributed by atoms with Crippen LogP contribution in [-0.2, 0) is 6.18 Å². The van der Waals surface area contributed by atoms with E-state index in [0.29, 0.717) is 0 Å². The molecule has 0 fully saturated rings. The van der Waals surface area contributed by atoms with Crippen molar-refractivity contribution >= 4 is 10.9 Å². The fourth-order valence-electron chi connectivity index (χ4n) is 1.30. The summed E-state index contributed by atoms with van der Waals surface area (Å²) in [4.78, 5) is 0. The molecule has 14 heavy (non-hydrogen) atoms. The summed E-state index contributed by atoms with van der Waals surface area (Å²) in [5.74, 6) is -0.786. The van der Waals surface area contributed by atoms with E-state index in [0.717, 1.165) is 12.3 Å². The predicted molar refractivity (Wildman–Crippen MR) is 42.8 cm³/mol. The Hall–Kier alpha value is -1.72. The minimum Gasteiger partial charge on any atom is -0.507 e. The maximum absolute atomic E-state index is 12.5. The summed E-state index contributed by atoms with van der Waals surface area (Å²) in [6, 6.07) is 2.33. The molecule has 6 heteroatoms. The van der Waals surface area contributed by atoms with Crippen molar-refractivity contribution in [2.45, 2.75) is 6.18 Å². The smallest absolute Gasteiger partial charge is 0.420 e. The first-order valence-electron chi connectivity index (χ1n) is 3.72. The van der Waals surface area contributed by atoms with Gasteiger partial charge in [0.25, 0.3) is 0 Å². The van der Waals surface area contributed by atoms with Crippen LogP contribution in [0.4, 0.5) is 13.2 Å². The Labute approximate surface area is 76.2 Å². The first kappa shape index (κ1) is 8.86. The molecule has 0 aliphatic carbocycles. The van der Waals surface area contributed by atoms with Crippen LogP contribution in [-0.4, -0.2) is 15.3 Å². The number of aromatic nitrogens is 2. The molecule has 2 N–H and O–H groups in total. The highest BCUT2D eigenvalue weighted by atomic mass is 19.4. The number of phenols is 1. The molecule has 1 aromatic carbocycles. The quantitative estimate of drug-likeness (QED) is 0.688. The molecule has 0 radical (unpaired) electrons. The molecule has 0 spiro atoms. The third kappa shape index (κ3) is 1.19. The molecule has 2 aromatic rings. The number of H-pyrrole nitrogens is 1. The largest absolute Gasteiger partial charge is 0.507 e. The van der Waals surface area contributed by atoms with Crippen molar-refractivity contribution in [3.05, 3.63) is 23.9 Å². The van der Waals surface area contributed by atoms with E-state index in [1.807, 2.05) is 0 Å². The van der Waals surface area contributed by atoms with Crippen LogP contribution in [0.1, 0.15) is 5.56 Å². The number of hydrogen-bond acceptors (Lipinski definition) is 2. The Kier molecular flexibility index (Phi) is 1.67. The van der Waals surface area contributed by atoms with Gasteiger partial charge in [-0.05, 0) is 12.1 Å². The number of nitrogens with one attached hydrogen (secondary N) is 1. The van der Waals surface area contributed by atoms with Crippen molar-refractivity contribution in [2.75, 3.05) is 0 Å². The van der Waals surface area contributed by atoms with Crippen LogP contribution in [0.25, 0.3) is 10.9 Å². The number of aromatic hydroxyl groups is 1. The zero-order valence-electron chi connectivity index (χ0n) is 6.76. The van der Waals surface area contributed by atoms with Crippen molar-refractivity contribution in [2.24, 2.45) is 0 Å². The van der Waals surface area contributed by atoms with Crippen LogP contribution < -0.4 is 0 Å². The number of alkyl halides is 3. The number of halogens is 3. The second kappa shape index (κ2) is 2.63. The van der Waals surface area contributed by atoms with Crippen molar-refractivity contribution in [1.82, 2.24) is 10.2 Å². The average Bonchev–Trinajstić information content (AvgIpc) is 2.48. The summed E-state index contributed by atoms with van der Waals surface area (Å²) in [5, 5.41) is 14.9. The number of hydrogen-bond donors (Lipinski definition) is 2. The van der Waals surface area contributed by atoms with Gasteiger partial charge in [0, 0.05) is 5.39 Å². The van der Waals surface area contributed by atoms with Gasteiger partial charge in [-0.1, -0.05) is 0 Å². The molecule has 0 unspecified atom stereocenters. The molecule has 2 rings (SSSR count). The molecule has 74 valence electrons. The highest BCUT2D eigenvalue weighted by molar-refractivity contribution is 5.84. The first-order chi connectivity index (χ1) is 6.50. The molecular formula is C8H5F3N2O.